The van der Waals surface area contributed by atoms with Crippen molar-refractivity contribution in [2.75, 3.05) is 0 Å². The van der Waals surface area contributed by atoms with Crippen LogP contribution in [-0.4, -0.2) is 21.3 Å². The predicted octanol–water partition coefficient (Wildman–Crippen LogP) is 4.15. The third kappa shape index (κ3) is 3.95. The Hall–Kier alpha value is -1.79. The number of carboxylic acids is 1. The minimum absolute atomic E-state index is 0.251. The van der Waals surface area contributed by atoms with E-state index in [1.807, 2.05) is 36.4 Å². The number of halogens is 1. The zero-order valence-electron chi connectivity index (χ0n) is 12.2. The van der Waals surface area contributed by atoms with Crippen LogP contribution in [0.15, 0.2) is 45.7 Å². The largest absolute Gasteiger partial charge is 0.481 e. The molecule has 0 aliphatic heterocycles. The summed E-state index contributed by atoms with van der Waals surface area (Å²) in [5.74, 6) is -0.132. The molecule has 0 spiro atoms. The number of carboxylic acid groups (broad SMARTS) is 1. The topological polar surface area (TPSA) is 76.2 Å². The van der Waals surface area contributed by atoms with Gasteiger partial charge in [0.15, 0.2) is 0 Å². The normalized spacial score (nSPS) is 20.6. The highest BCUT2D eigenvalue weighted by atomic mass is 35.5. The van der Waals surface area contributed by atoms with E-state index >= 15 is 0 Å². The van der Waals surface area contributed by atoms with Crippen molar-refractivity contribution in [2.45, 2.75) is 29.4 Å². The molecule has 5 nitrogen and oxygen atoms in total. The molecule has 1 aromatic heterocycles. The van der Waals surface area contributed by atoms with Crippen LogP contribution in [0.1, 0.15) is 30.5 Å². The fraction of sp³-hybridized carbons (Fsp3) is 0.312. The summed E-state index contributed by atoms with van der Waals surface area (Å²) in [5.41, 5.74) is 0. The maximum atomic E-state index is 11.3. The van der Waals surface area contributed by atoms with E-state index in [1.54, 1.807) is 11.8 Å². The fourth-order valence-electron chi connectivity index (χ4n) is 2.51. The minimum Gasteiger partial charge on any atom is -0.481 e. The smallest absolute Gasteiger partial charge is 0.307 e. The molecule has 0 amide bonds. The number of nitrogens with zero attached hydrogens (tertiary/aromatic N) is 2. The van der Waals surface area contributed by atoms with Crippen LogP contribution in [0.4, 0.5) is 0 Å². The number of hydrogen-bond donors (Lipinski definition) is 1. The molecule has 0 saturated carbocycles. The zero-order valence-corrected chi connectivity index (χ0v) is 13.8. The highest BCUT2D eigenvalue weighted by molar-refractivity contribution is 7.98. The molecule has 0 bridgehead atoms. The van der Waals surface area contributed by atoms with Crippen LogP contribution in [-0.2, 0) is 10.5 Å². The predicted molar refractivity (Wildman–Crippen MR) is 87.6 cm³/mol. The van der Waals surface area contributed by atoms with Crippen molar-refractivity contribution >= 4 is 29.3 Å². The summed E-state index contributed by atoms with van der Waals surface area (Å²) < 4.78 is 5.68. The van der Waals surface area contributed by atoms with E-state index in [2.05, 4.69) is 10.2 Å². The Balaban J connectivity index is 1.66. The summed E-state index contributed by atoms with van der Waals surface area (Å²) in [6.45, 7) is 0. The quantitative estimate of drug-likeness (QED) is 0.644. The molecule has 0 radical (unpaired) electrons. The van der Waals surface area contributed by atoms with E-state index in [9.17, 15) is 9.90 Å². The number of aromatic nitrogens is 2. The molecule has 0 fully saturated rings. The van der Waals surface area contributed by atoms with E-state index in [1.165, 1.54) is 0 Å². The van der Waals surface area contributed by atoms with Crippen LogP contribution in [0.2, 0.25) is 5.02 Å². The van der Waals surface area contributed by atoms with Crippen molar-refractivity contribution < 1.29 is 14.3 Å². The summed E-state index contributed by atoms with van der Waals surface area (Å²) in [5, 5.41) is 18.1. The standard InChI is InChI=1S/C16H15ClN2O3S/c17-10-5-7-11(8-6-10)23-9-14-18-19-15(22-14)12-3-1-2-4-13(12)16(20)21/h1-2,5-8,12-13H,3-4,9H2,(H,20,21)/t12-,13-/m1/s1. The zero-order chi connectivity index (χ0) is 16.2. The molecule has 3 rings (SSSR count). The van der Waals surface area contributed by atoms with Crippen molar-refractivity contribution in [3.8, 4) is 0 Å². The van der Waals surface area contributed by atoms with Gasteiger partial charge in [-0.1, -0.05) is 23.8 Å². The summed E-state index contributed by atoms with van der Waals surface area (Å²) in [6.07, 6.45) is 4.97. The van der Waals surface area contributed by atoms with Crippen molar-refractivity contribution in [3.63, 3.8) is 0 Å². The monoisotopic (exact) mass is 350 g/mol. The van der Waals surface area contributed by atoms with Gasteiger partial charge < -0.3 is 9.52 Å². The van der Waals surface area contributed by atoms with Crippen LogP contribution in [0.3, 0.4) is 0 Å². The fourth-order valence-corrected chi connectivity index (χ4v) is 3.37. The molecule has 0 unspecified atom stereocenters. The molecule has 1 aliphatic rings. The molecule has 1 aromatic carbocycles. The first kappa shape index (κ1) is 16.1. The second kappa shape index (κ2) is 7.19. The molecule has 1 aliphatic carbocycles. The van der Waals surface area contributed by atoms with E-state index in [0.717, 1.165) is 4.90 Å². The Morgan fingerprint density at radius 1 is 1.26 bits per heavy atom. The van der Waals surface area contributed by atoms with Crippen LogP contribution in [0.5, 0.6) is 0 Å². The number of rotatable bonds is 5. The second-order valence-electron chi connectivity index (χ2n) is 5.27. The van der Waals surface area contributed by atoms with Crippen molar-refractivity contribution in [1.29, 1.82) is 0 Å². The first-order chi connectivity index (χ1) is 11.1. The highest BCUT2D eigenvalue weighted by Crippen LogP contribution is 2.34. The lowest BCUT2D eigenvalue weighted by Gasteiger charge is -2.21. The summed E-state index contributed by atoms with van der Waals surface area (Å²) in [4.78, 5) is 12.4. The van der Waals surface area contributed by atoms with Crippen molar-refractivity contribution in [2.24, 2.45) is 5.92 Å². The molecule has 1 N–H and O–H groups in total. The Labute approximate surface area is 142 Å². The number of thioether (sulfide) groups is 1. The molecule has 2 atom stereocenters. The lowest BCUT2D eigenvalue weighted by atomic mass is 9.83. The third-order valence-corrected chi connectivity index (χ3v) is 4.97. The molecule has 1 heterocycles. The van der Waals surface area contributed by atoms with E-state index < -0.39 is 11.9 Å². The second-order valence-corrected chi connectivity index (χ2v) is 6.76. The number of aliphatic carboxylic acids is 1. The maximum Gasteiger partial charge on any atom is 0.307 e. The molecule has 0 saturated heterocycles. The Bertz CT molecular complexity index is 714. The third-order valence-electron chi connectivity index (χ3n) is 3.73. The molecule has 7 heteroatoms. The minimum atomic E-state index is -0.824. The van der Waals surface area contributed by atoms with E-state index in [0.29, 0.717) is 35.4 Å². The number of allylic oxidation sites excluding steroid dienone is 2. The first-order valence-corrected chi connectivity index (χ1v) is 8.58. The van der Waals surface area contributed by atoms with Gasteiger partial charge in [0.25, 0.3) is 0 Å². The molecule has 120 valence electrons. The van der Waals surface area contributed by atoms with Crippen LogP contribution >= 0.6 is 23.4 Å². The Morgan fingerprint density at radius 3 is 2.74 bits per heavy atom. The lowest BCUT2D eigenvalue weighted by molar-refractivity contribution is -0.142. The maximum absolute atomic E-state index is 11.3. The summed E-state index contributed by atoms with van der Waals surface area (Å²) >= 11 is 7.42. The molecule has 23 heavy (non-hydrogen) atoms. The number of carbonyl (C=O) groups is 1. The molecular weight excluding hydrogens is 336 g/mol. The van der Waals surface area contributed by atoms with Gasteiger partial charge in [-0.05, 0) is 37.1 Å². The van der Waals surface area contributed by atoms with Gasteiger partial charge in [0.05, 0.1) is 17.6 Å². The van der Waals surface area contributed by atoms with Crippen molar-refractivity contribution in [3.05, 3.63) is 53.2 Å². The molecule has 2 aromatic rings. The Kier molecular flexibility index (Phi) is 5.03. The van der Waals surface area contributed by atoms with Gasteiger partial charge in [0.1, 0.15) is 0 Å². The van der Waals surface area contributed by atoms with Gasteiger partial charge in [-0.2, -0.15) is 0 Å². The van der Waals surface area contributed by atoms with Crippen LogP contribution in [0.25, 0.3) is 0 Å². The number of benzene rings is 1. The highest BCUT2D eigenvalue weighted by Gasteiger charge is 2.33. The Morgan fingerprint density at radius 2 is 2.00 bits per heavy atom. The molecular formula is C16H15ClN2O3S. The average Bonchev–Trinajstić information content (AvgIpc) is 3.03. The van der Waals surface area contributed by atoms with Gasteiger partial charge in [-0.15, -0.1) is 22.0 Å². The van der Waals surface area contributed by atoms with Crippen LogP contribution in [0, 0.1) is 5.92 Å². The van der Waals surface area contributed by atoms with Crippen LogP contribution < -0.4 is 0 Å². The van der Waals surface area contributed by atoms with Gasteiger partial charge in [0.2, 0.25) is 11.8 Å². The average molecular weight is 351 g/mol. The van der Waals surface area contributed by atoms with E-state index in [4.69, 9.17) is 16.0 Å². The van der Waals surface area contributed by atoms with Gasteiger partial charge in [0, 0.05) is 9.92 Å². The summed E-state index contributed by atoms with van der Waals surface area (Å²) in [7, 11) is 0. The van der Waals surface area contributed by atoms with Crippen molar-refractivity contribution in [1.82, 2.24) is 10.2 Å². The van der Waals surface area contributed by atoms with Gasteiger partial charge in [-0.25, -0.2) is 0 Å². The van der Waals surface area contributed by atoms with E-state index in [-0.39, 0.29) is 5.92 Å². The lowest BCUT2D eigenvalue weighted by Crippen LogP contribution is -2.23. The first-order valence-electron chi connectivity index (χ1n) is 7.22. The van der Waals surface area contributed by atoms with Gasteiger partial charge in [-0.3, -0.25) is 4.79 Å². The number of hydrogen-bond acceptors (Lipinski definition) is 5. The van der Waals surface area contributed by atoms with Gasteiger partial charge >= 0.3 is 5.97 Å². The SMILES string of the molecule is O=C(O)[C@@H]1CC=CC[C@H]1c1nnc(CSc2ccc(Cl)cc2)o1. The summed E-state index contributed by atoms with van der Waals surface area (Å²) in [6, 6.07) is 7.51.